The predicted octanol–water partition coefficient (Wildman–Crippen LogP) is 2.88. The molecule has 114 valence electrons. The quantitative estimate of drug-likeness (QED) is 0.591. The topological polar surface area (TPSA) is 72.3 Å². The van der Waals surface area contributed by atoms with Gasteiger partial charge < -0.3 is 4.74 Å². The zero-order valence-corrected chi connectivity index (χ0v) is 12.5. The van der Waals surface area contributed by atoms with E-state index in [1.807, 2.05) is 43.5 Å². The molecule has 4 rings (SSSR count). The number of para-hydroxylation sites is 1. The van der Waals surface area contributed by atoms with Crippen molar-refractivity contribution in [3.63, 3.8) is 0 Å². The Hall–Kier alpha value is -3.15. The minimum absolute atomic E-state index is 0.178. The minimum Gasteiger partial charge on any atom is -0.456 e. The van der Waals surface area contributed by atoms with Gasteiger partial charge >= 0.3 is 5.97 Å². The third-order valence-corrected chi connectivity index (χ3v) is 3.78. The number of aromatic amines is 1. The number of H-pyrrole nitrogens is 1. The lowest BCUT2D eigenvalue weighted by atomic mass is 10.1. The summed E-state index contributed by atoms with van der Waals surface area (Å²) in [4.78, 5) is 16.6. The van der Waals surface area contributed by atoms with Crippen molar-refractivity contribution in [1.29, 1.82) is 0 Å². The van der Waals surface area contributed by atoms with Crippen LogP contribution in [0, 0.1) is 6.92 Å². The van der Waals surface area contributed by atoms with E-state index >= 15 is 0 Å². The standard InChI is InChI=1S/C17H14N4O2/c1-11-5-6-15-18-8-14(21(15)9-11)17(22)23-10-13-4-2-3-12-7-19-20-16(12)13/h2-9H,10H2,1H3,(H,19,20). The molecule has 0 unspecified atom stereocenters. The summed E-state index contributed by atoms with van der Waals surface area (Å²) in [5, 5.41) is 7.92. The van der Waals surface area contributed by atoms with Gasteiger partial charge in [-0.3, -0.25) is 9.50 Å². The normalized spacial score (nSPS) is 11.2. The van der Waals surface area contributed by atoms with Crippen molar-refractivity contribution in [3.05, 3.63) is 65.7 Å². The maximum atomic E-state index is 12.4. The van der Waals surface area contributed by atoms with Crippen LogP contribution < -0.4 is 0 Å². The van der Waals surface area contributed by atoms with Crippen LogP contribution in [0.1, 0.15) is 21.6 Å². The molecule has 0 bridgehead atoms. The second-order valence-electron chi connectivity index (χ2n) is 5.41. The Bertz CT molecular complexity index is 1020. The lowest BCUT2D eigenvalue weighted by molar-refractivity contribution is 0.0466. The molecule has 6 heteroatoms. The summed E-state index contributed by atoms with van der Waals surface area (Å²) in [6.45, 7) is 2.14. The van der Waals surface area contributed by atoms with Gasteiger partial charge in [0.05, 0.1) is 17.9 Å². The molecular weight excluding hydrogens is 292 g/mol. The zero-order valence-electron chi connectivity index (χ0n) is 12.5. The van der Waals surface area contributed by atoms with Crippen molar-refractivity contribution in [2.45, 2.75) is 13.5 Å². The molecule has 0 aliphatic carbocycles. The number of esters is 1. The Balaban J connectivity index is 1.60. The molecular formula is C17H14N4O2. The Morgan fingerprint density at radius 3 is 3.09 bits per heavy atom. The molecule has 0 saturated carbocycles. The number of imidazole rings is 1. The van der Waals surface area contributed by atoms with E-state index in [1.165, 1.54) is 6.20 Å². The van der Waals surface area contributed by atoms with Crippen molar-refractivity contribution in [1.82, 2.24) is 19.6 Å². The average Bonchev–Trinajstić information content (AvgIpc) is 3.18. The smallest absolute Gasteiger partial charge is 0.357 e. The minimum atomic E-state index is -0.403. The summed E-state index contributed by atoms with van der Waals surface area (Å²) < 4.78 is 7.19. The van der Waals surface area contributed by atoms with Gasteiger partial charge in [0, 0.05) is 17.1 Å². The Morgan fingerprint density at radius 2 is 2.17 bits per heavy atom. The second-order valence-corrected chi connectivity index (χ2v) is 5.41. The second kappa shape index (κ2) is 5.24. The van der Waals surface area contributed by atoms with Crippen LogP contribution in [0.15, 0.2) is 48.9 Å². The van der Waals surface area contributed by atoms with Gasteiger partial charge in [-0.1, -0.05) is 24.3 Å². The maximum Gasteiger partial charge on any atom is 0.357 e. The molecule has 23 heavy (non-hydrogen) atoms. The molecule has 0 radical (unpaired) electrons. The third kappa shape index (κ3) is 2.34. The van der Waals surface area contributed by atoms with E-state index in [4.69, 9.17) is 4.74 Å². The Morgan fingerprint density at radius 1 is 1.26 bits per heavy atom. The van der Waals surface area contributed by atoms with E-state index in [0.29, 0.717) is 5.69 Å². The van der Waals surface area contributed by atoms with E-state index < -0.39 is 5.97 Å². The van der Waals surface area contributed by atoms with Gasteiger partial charge in [0.15, 0.2) is 5.69 Å². The van der Waals surface area contributed by atoms with Crippen molar-refractivity contribution >= 4 is 22.5 Å². The fraction of sp³-hybridized carbons (Fsp3) is 0.118. The van der Waals surface area contributed by atoms with Crippen molar-refractivity contribution in [2.24, 2.45) is 0 Å². The highest BCUT2D eigenvalue weighted by Gasteiger charge is 2.14. The zero-order chi connectivity index (χ0) is 15.8. The van der Waals surface area contributed by atoms with Gasteiger partial charge in [0.1, 0.15) is 12.3 Å². The first kappa shape index (κ1) is 13.5. The molecule has 0 atom stereocenters. The number of nitrogens with one attached hydrogen (secondary N) is 1. The molecule has 0 fully saturated rings. The first-order valence-corrected chi connectivity index (χ1v) is 7.24. The third-order valence-electron chi connectivity index (χ3n) is 3.78. The summed E-state index contributed by atoms with van der Waals surface area (Å²) >= 11 is 0. The number of nitrogens with zero attached hydrogens (tertiary/aromatic N) is 3. The highest BCUT2D eigenvalue weighted by atomic mass is 16.5. The number of aromatic nitrogens is 4. The van der Waals surface area contributed by atoms with Gasteiger partial charge in [-0.15, -0.1) is 0 Å². The van der Waals surface area contributed by atoms with Crippen LogP contribution in [-0.4, -0.2) is 25.6 Å². The summed E-state index contributed by atoms with van der Waals surface area (Å²) in [7, 11) is 0. The van der Waals surface area contributed by atoms with Gasteiger partial charge in [-0.25, -0.2) is 9.78 Å². The van der Waals surface area contributed by atoms with E-state index in [9.17, 15) is 4.79 Å². The molecule has 0 spiro atoms. The number of fused-ring (bicyclic) bond motifs is 2. The number of hydrogen-bond donors (Lipinski definition) is 1. The number of rotatable bonds is 3. The van der Waals surface area contributed by atoms with E-state index in [1.54, 1.807) is 10.6 Å². The van der Waals surface area contributed by atoms with Crippen molar-refractivity contribution in [2.75, 3.05) is 0 Å². The molecule has 0 aliphatic heterocycles. The number of benzene rings is 1. The molecule has 4 aromatic rings. The van der Waals surface area contributed by atoms with Crippen LogP contribution in [0.5, 0.6) is 0 Å². The lowest BCUT2D eigenvalue weighted by Crippen LogP contribution is -2.08. The summed E-state index contributed by atoms with van der Waals surface area (Å²) in [5.74, 6) is -0.403. The van der Waals surface area contributed by atoms with Crippen LogP contribution in [0.4, 0.5) is 0 Å². The number of carbonyl (C=O) groups excluding carboxylic acids is 1. The average molecular weight is 306 g/mol. The van der Waals surface area contributed by atoms with Crippen LogP contribution in [0.25, 0.3) is 16.6 Å². The molecule has 3 heterocycles. The Kier molecular flexibility index (Phi) is 3.08. The molecule has 1 N–H and O–H groups in total. The first-order chi connectivity index (χ1) is 11.2. The first-order valence-electron chi connectivity index (χ1n) is 7.24. The molecule has 0 aliphatic rings. The summed E-state index contributed by atoms with van der Waals surface area (Å²) in [6.07, 6.45) is 5.15. The highest BCUT2D eigenvalue weighted by molar-refractivity contribution is 5.88. The fourth-order valence-electron chi connectivity index (χ4n) is 2.61. The van der Waals surface area contributed by atoms with Crippen molar-refractivity contribution < 1.29 is 9.53 Å². The van der Waals surface area contributed by atoms with E-state index in [-0.39, 0.29) is 6.61 Å². The van der Waals surface area contributed by atoms with E-state index in [0.717, 1.165) is 27.7 Å². The number of aryl methyl sites for hydroxylation is 1. The summed E-state index contributed by atoms with van der Waals surface area (Å²) in [6, 6.07) is 9.61. The molecule has 3 aromatic heterocycles. The SMILES string of the molecule is Cc1ccc2ncc(C(=O)OCc3cccc4cn[nH]c34)n2c1. The highest BCUT2D eigenvalue weighted by Crippen LogP contribution is 2.17. The predicted molar refractivity (Wildman–Crippen MR) is 85.1 cm³/mol. The van der Waals surface area contributed by atoms with Gasteiger partial charge in [0.25, 0.3) is 0 Å². The van der Waals surface area contributed by atoms with Gasteiger partial charge in [0.2, 0.25) is 0 Å². The number of carbonyl (C=O) groups is 1. The van der Waals surface area contributed by atoms with E-state index in [2.05, 4.69) is 15.2 Å². The molecule has 0 amide bonds. The summed E-state index contributed by atoms with van der Waals surface area (Å²) in [5.41, 5.74) is 3.96. The largest absolute Gasteiger partial charge is 0.456 e. The van der Waals surface area contributed by atoms with Gasteiger partial charge in [-0.2, -0.15) is 5.10 Å². The number of ether oxygens (including phenoxy) is 1. The van der Waals surface area contributed by atoms with Crippen LogP contribution in [0.3, 0.4) is 0 Å². The molecule has 0 saturated heterocycles. The van der Waals surface area contributed by atoms with Crippen molar-refractivity contribution in [3.8, 4) is 0 Å². The molecule has 1 aromatic carbocycles. The lowest BCUT2D eigenvalue weighted by Gasteiger charge is -2.06. The number of hydrogen-bond acceptors (Lipinski definition) is 4. The maximum absolute atomic E-state index is 12.4. The molecule has 6 nitrogen and oxygen atoms in total. The van der Waals surface area contributed by atoms with Crippen LogP contribution >= 0.6 is 0 Å². The van der Waals surface area contributed by atoms with Gasteiger partial charge in [-0.05, 0) is 18.6 Å². The van der Waals surface area contributed by atoms with Crippen LogP contribution in [-0.2, 0) is 11.3 Å². The number of pyridine rings is 1. The van der Waals surface area contributed by atoms with Crippen LogP contribution in [0.2, 0.25) is 0 Å². The fourth-order valence-corrected chi connectivity index (χ4v) is 2.61. The Labute approximate surface area is 131 Å². The monoisotopic (exact) mass is 306 g/mol.